The number of aliphatic hydroxyl groups is 2. The number of rotatable bonds is 4. The maximum Gasteiger partial charge on any atom is 0.103 e. The lowest BCUT2D eigenvalue weighted by molar-refractivity contribution is 0.144. The maximum absolute atomic E-state index is 8.53. The molecule has 2 atom stereocenters. The van der Waals surface area contributed by atoms with E-state index < -0.39 is 6.23 Å². The summed E-state index contributed by atoms with van der Waals surface area (Å²) in [6.45, 7) is 4.21. The van der Waals surface area contributed by atoms with Crippen molar-refractivity contribution in [3.63, 3.8) is 0 Å². The highest BCUT2D eigenvalue weighted by Gasteiger charge is 1.94. The molecular formula is C7H21N3O2. The van der Waals surface area contributed by atoms with E-state index in [0.717, 1.165) is 6.42 Å². The molecule has 0 fully saturated rings. The van der Waals surface area contributed by atoms with Gasteiger partial charge in [0.05, 0.1) is 6.17 Å². The summed E-state index contributed by atoms with van der Waals surface area (Å²) in [5.41, 5.74) is 10.2. The summed E-state index contributed by atoms with van der Waals surface area (Å²) in [4.78, 5) is 0. The van der Waals surface area contributed by atoms with Crippen LogP contribution in [0.2, 0.25) is 0 Å². The Labute approximate surface area is 73.8 Å². The van der Waals surface area contributed by atoms with Crippen molar-refractivity contribution >= 4 is 0 Å². The molecule has 0 saturated heterocycles. The Bertz CT molecular complexity index is 71.1. The van der Waals surface area contributed by atoms with E-state index in [9.17, 15) is 0 Å². The van der Waals surface area contributed by atoms with Crippen LogP contribution in [0.5, 0.6) is 0 Å². The molecule has 76 valence electrons. The van der Waals surface area contributed by atoms with Crippen LogP contribution >= 0.6 is 0 Å². The van der Waals surface area contributed by atoms with Crippen molar-refractivity contribution in [1.82, 2.24) is 5.32 Å². The van der Waals surface area contributed by atoms with Crippen LogP contribution in [-0.2, 0) is 0 Å². The first kappa shape index (κ1) is 14.3. The zero-order chi connectivity index (χ0) is 9.98. The molecule has 0 rings (SSSR count). The fourth-order valence-electron chi connectivity index (χ4n) is 0.472. The molecular weight excluding hydrogens is 158 g/mol. The molecule has 0 aliphatic carbocycles. The van der Waals surface area contributed by atoms with Gasteiger partial charge >= 0.3 is 0 Å². The number of hydrogen-bond donors (Lipinski definition) is 5. The van der Waals surface area contributed by atoms with Crippen LogP contribution in [0.25, 0.3) is 0 Å². The lowest BCUT2D eigenvalue weighted by Crippen LogP contribution is -2.40. The standard InChI is InChI=1S/C4H12N2O.C3H9NO/c1-3(5)6-4(2)7;4-2-1-3-5/h3-4,6-7H,5H2,1-2H3;5H,1-4H2. The van der Waals surface area contributed by atoms with Crippen molar-refractivity contribution in [2.75, 3.05) is 13.2 Å². The molecule has 0 saturated carbocycles. The number of hydrogen-bond acceptors (Lipinski definition) is 5. The molecule has 5 heteroatoms. The average molecular weight is 179 g/mol. The maximum atomic E-state index is 8.53. The van der Waals surface area contributed by atoms with Gasteiger partial charge in [0.15, 0.2) is 0 Å². The first-order valence-electron chi connectivity index (χ1n) is 4.05. The van der Waals surface area contributed by atoms with Gasteiger partial charge in [-0.1, -0.05) is 0 Å². The van der Waals surface area contributed by atoms with Crippen molar-refractivity contribution < 1.29 is 10.2 Å². The second-order valence-electron chi connectivity index (χ2n) is 2.50. The summed E-state index contributed by atoms with van der Waals surface area (Å²) >= 11 is 0. The van der Waals surface area contributed by atoms with Gasteiger partial charge in [0.2, 0.25) is 0 Å². The van der Waals surface area contributed by atoms with Gasteiger partial charge in [0, 0.05) is 6.61 Å². The first-order valence-corrected chi connectivity index (χ1v) is 4.05. The summed E-state index contributed by atoms with van der Waals surface area (Å²) < 4.78 is 0. The molecule has 0 aromatic rings. The third-order valence-corrected chi connectivity index (χ3v) is 0.866. The molecule has 0 bridgehead atoms. The highest BCUT2D eigenvalue weighted by molar-refractivity contribution is 4.48. The van der Waals surface area contributed by atoms with Gasteiger partial charge in [0.1, 0.15) is 6.23 Å². The Morgan fingerprint density at radius 1 is 1.42 bits per heavy atom. The van der Waals surface area contributed by atoms with E-state index in [1.165, 1.54) is 0 Å². The predicted molar refractivity (Wildman–Crippen MR) is 49.2 cm³/mol. The fourth-order valence-corrected chi connectivity index (χ4v) is 0.472. The van der Waals surface area contributed by atoms with E-state index in [1.807, 2.05) is 0 Å². The van der Waals surface area contributed by atoms with Gasteiger partial charge in [-0.2, -0.15) is 0 Å². The summed E-state index contributed by atoms with van der Waals surface area (Å²) in [6.07, 6.45) is 0.0972. The lowest BCUT2D eigenvalue weighted by atomic mass is 10.5. The molecule has 0 aliphatic rings. The van der Waals surface area contributed by atoms with E-state index in [4.69, 9.17) is 21.7 Å². The molecule has 12 heavy (non-hydrogen) atoms. The zero-order valence-corrected chi connectivity index (χ0v) is 7.83. The van der Waals surface area contributed by atoms with Gasteiger partial charge in [0.25, 0.3) is 0 Å². The largest absolute Gasteiger partial charge is 0.396 e. The van der Waals surface area contributed by atoms with Gasteiger partial charge < -0.3 is 21.7 Å². The minimum atomic E-state index is -0.500. The minimum Gasteiger partial charge on any atom is -0.396 e. The van der Waals surface area contributed by atoms with Gasteiger partial charge in [-0.25, -0.2) is 0 Å². The molecule has 2 unspecified atom stereocenters. The molecule has 0 aromatic heterocycles. The van der Waals surface area contributed by atoms with Crippen molar-refractivity contribution in [2.24, 2.45) is 11.5 Å². The number of nitrogens with two attached hydrogens (primary N) is 2. The van der Waals surface area contributed by atoms with Crippen LogP contribution in [0.15, 0.2) is 0 Å². The number of nitrogens with one attached hydrogen (secondary N) is 1. The van der Waals surface area contributed by atoms with Crippen molar-refractivity contribution in [2.45, 2.75) is 32.7 Å². The predicted octanol–water partition coefficient (Wildman–Crippen LogP) is -1.45. The Morgan fingerprint density at radius 2 is 1.92 bits per heavy atom. The van der Waals surface area contributed by atoms with Gasteiger partial charge in [-0.15, -0.1) is 0 Å². The van der Waals surface area contributed by atoms with Crippen molar-refractivity contribution in [3.8, 4) is 0 Å². The third-order valence-electron chi connectivity index (χ3n) is 0.866. The highest BCUT2D eigenvalue weighted by Crippen LogP contribution is 1.71. The SMILES string of the molecule is CC(N)NC(C)O.NCCCO. The number of aliphatic hydroxyl groups excluding tert-OH is 2. The van der Waals surface area contributed by atoms with Crippen LogP contribution in [0.1, 0.15) is 20.3 Å². The molecule has 0 aliphatic heterocycles. The first-order chi connectivity index (χ1) is 5.54. The van der Waals surface area contributed by atoms with Crippen LogP contribution in [0.3, 0.4) is 0 Å². The highest BCUT2D eigenvalue weighted by atomic mass is 16.3. The van der Waals surface area contributed by atoms with Crippen LogP contribution in [-0.4, -0.2) is 35.8 Å². The van der Waals surface area contributed by atoms with Crippen molar-refractivity contribution in [3.05, 3.63) is 0 Å². The Morgan fingerprint density at radius 3 is 1.92 bits per heavy atom. The van der Waals surface area contributed by atoms with E-state index in [2.05, 4.69) is 5.32 Å². The fraction of sp³-hybridized carbons (Fsp3) is 1.00. The Hall–Kier alpha value is -0.200. The van der Waals surface area contributed by atoms with E-state index in [0.29, 0.717) is 6.54 Å². The summed E-state index contributed by atoms with van der Waals surface area (Å²) in [7, 11) is 0. The van der Waals surface area contributed by atoms with Crippen LogP contribution in [0, 0.1) is 0 Å². The summed E-state index contributed by atoms with van der Waals surface area (Å²) in [6, 6.07) is 0. The van der Waals surface area contributed by atoms with E-state index in [-0.39, 0.29) is 12.8 Å². The Balaban J connectivity index is 0. The molecule has 0 amide bonds. The summed E-state index contributed by atoms with van der Waals surface area (Å²) in [5.74, 6) is 0. The summed E-state index contributed by atoms with van der Waals surface area (Å²) in [5, 5.41) is 19.2. The average Bonchev–Trinajstić information content (AvgIpc) is 1.87. The normalized spacial score (nSPS) is 14.5. The Kier molecular flexibility index (Phi) is 12.9. The van der Waals surface area contributed by atoms with Crippen LogP contribution < -0.4 is 16.8 Å². The molecule has 0 aromatic carbocycles. The second kappa shape index (κ2) is 10.8. The van der Waals surface area contributed by atoms with E-state index >= 15 is 0 Å². The monoisotopic (exact) mass is 179 g/mol. The van der Waals surface area contributed by atoms with Crippen LogP contribution in [0.4, 0.5) is 0 Å². The van der Waals surface area contributed by atoms with E-state index in [1.54, 1.807) is 13.8 Å². The van der Waals surface area contributed by atoms with Crippen molar-refractivity contribution in [1.29, 1.82) is 0 Å². The lowest BCUT2D eigenvalue weighted by Gasteiger charge is -2.09. The quantitative estimate of drug-likeness (QED) is 0.339. The zero-order valence-electron chi connectivity index (χ0n) is 7.83. The third kappa shape index (κ3) is 22.6. The van der Waals surface area contributed by atoms with Gasteiger partial charge in [-0.05, 0) is 26.8 Å². The van der Waals surface area contributed by atoms with Gasteiger partial charge in [-0.3, -0.25) is 5.32 Å². The topological polar surface area (TPSA) is 105 Å². The molecule has 7 N–H and O–H groups in total. The smallest absolute Gasteiger partial charge is 0.103 e. The second-order valence-corrected chi connectivity index (χ2v) is 2.50. The molecule has 0 spiro atoms. The molecule has 0 heterocycles. The molecule has 0 radical (unpaired) electrons. The minimum absolute atomic E-state index is 0.125. The molecule has 5 nitrogen and oxygen atoms in total.